The average Bonchev–Trinajstić information content (AvgIpc) is 2.87. The van der Waals surface area contributed by atoms with E-state index in [1.807, 2.05) is 31.3 Å². The summed E-state index contributed by atoms with van der Waals surface area (Å²) in [6.07, 6.45) is 3.67. The highest BCUT2D eigenvalue weighted by atomic mass is 32.1. The molecule has 0 bridgehead atoms. The number of thiazole rings is 1. The molecular weight excluding hydrogens is 222 g/mol. The molecule has 6 heteroatoms. The fourth-order valence-electron chi connectivity index (χ4n) is 1.29. The van der Waals surface area contributed by atoms with Crippen molar-refractivity contribution >= 4 is 16.5 Å². The van der Waals surface area contributed by atoms with E-state index in [0.717, 1.165) is 23.9 Å². The molecule has 0 aliphatic heterocycles. The van der Waals surface area contributed by atoms with E-state index in [1.165, 1.54) is 4.88 Å². The molecule has 0 spiro atoms. The zero-order chi connectivity index (χ0) is 11.4. The second kappa shape index (κ2) is 5.09. The van der Waals surface area contributed by atoms with Gasteiger partial charge in [0.05, 0.1) is 0 Å². The molecule has 0 atom stereocenters. The van der Waals surface area contributed by atoms with Gasteiger partial charge in [0.15, 0.2) is 5.13 Å². The molecule has 0 fully saturated rings. The predicted molar refractivity (Wildman–Crippen MR) is 65.6 cm³/mol. The Balaban J connectivity index is 1.81. The zero-order valence-electron chi connectivity index (χ0n) is 9.40. The summed E-state index contributed by atoms with van der Waals surface area (Å²) in [7, 11) is 4.00. The number of nitrogens with zero attached hydrogens (tertiary/aromatic N) is 3. The number of hydrogen-bond acceptors (Lipinski definition) is 5. The molecule has 0 radical (unpaired) electrons. The highest BCUT2D eigenvalue weighted by Crippen LogP contribution is 2.19. The molecule has 0 saturated heterocycles. The first-order chi connectivity index (χ1) is 7.75. The van der Waals surface area contributed by atoms with E-state index in [0.29, 0.717) is 0 Å². The number of anilines is 1. The van der Waals surface area contributed by atoms with Crippen molar-refractivity contribution in [2.75, 3.05) is 19.0 Å². The molecule has 0 aromatic carbocycles. The molecule has 2 aromatic heterocycles. The molecule has 86 valence electrons. The summed E-state index contributed by atoms with van der Waals surface area (Å²) in [6, 6.07) is 1.96. The molecule has 0 aliphatic carbocycles. The van der Waals surface area contributed by atoms with Crippen LogP contribution in [0.2, 0.25) is 0 Å². The number of rotatable bonds is 5. The number of H-pyrrole nitrogens is 1. The Labute approximate surface area is 98.5 Å². The Morgan fingerprint density at radius 2 is 2.31 bits per heavy atom. The van der Waals surface area contributed by atoms with Crippen LogP contribution in [0.4, 0.5) is 5.13 Å². The summed E-state index contributed by atoms with van der Waals surface area (Å²) in [6.45, 7) is 1.64. The third-order valence-electron chi connectivity index (χ3n) is 2.10. The smallest absolute Gasteiger partial charge is 0.185 e. The summed E-state index contributed by atoms with van der Waals surface area (Å²) < 4.78 is 0. The van der Waals surface area contributed by atoms with Gasteiger partial charge in [-0.15, -0.1) is 11.3 Å². The van der Waals surface area contributed by atoms with Gasteiger partial charge in [0.25, 0.3) is 0 Å². The first-order valence-electron chi connectivity index (χ1n) is 5.06. The van der Waals surface area contributed by atoms with Crippen LogP contribution in [-0.4, -0.2) is 29.3 Å². The minimum Gasteiger partial charge on any atom is -0.354 e. The summed E-state index contributed by atoms with van der Waals surface area (Å²) in [5, 5.41) is 11.2. The molecule has 2 aromatic rings. The lowest BCUT2D eigenvalue weighted by molar-refractivity contribution is 0.683. The third kappa shape index (κ3) is 2.80. The molecule has 2 rings (SSSR count). The second-order valence-electron chi connectivity index (χ2n) is 3.69. The van der Waals surface area contributed by atoms with E-state index >= 15 is 0 Å². The van der Waals surface area contributed by atoms with Gasteiger partial charge in [-0.25, -0.2) is 4.98 Å². The van der Waals surface area contributed by atoms with Crippen LogP contribution >= 0.6 is 11.3 Å². The lowest BCUT2D eigenvalue weighted by Gasteiger charge is -2.05. The van der Waals surface area contributed by atoms with Crippen LogP contribution in [0.25, 0.3) is 0 Å². The van der Waals surface area contributed by atoms with Crippen molar-refractivity contribution in [3.05, 3.63) is 29.0 Å². The molecule has 2 heterocycles. The average molecular weight is 237 g/mol. The fraction of sp³-hybridized carbons (Fsp3) is 0.400. The normalized spacial score (nSPS) is 10.6. The number of nitrogens with one attached hydrogen (secondary N) is 2. The highest BCUT2D eigenvalue weighted by Gasteiger charge is 2.03. The molecule has 2 N–H and O–H groups in total. The summed E-state index contributed by atoms with van der Waals surface area (Å²) in [5.74, 6) is 0. The first kappa shape index (κ1) is 11.1. The largest absolute Gasteiger partial charge is 0.354 e. The van der Waals surface area contributed by atoms with E-state index in [9.17, 15) is 0 Å². The Kier molecular flexibility index (Phi) is 3.53. The van der Waals surface area contributed by atoms with Gasteiger partial charge in [0.2, 0.25) is 0 Å². The topological polar surface area (TPSA) is 56.8 Å². The summed E-state index contributed by atoms with van der Waals surface area (Å²) in [4.78, 5) is 7.57. The van der Waals surface area contributed by atoms with Crippen LogP contribution in [0.15, 0.2) is 18.5 Å². The predicted octanol–water partition coefficient (Wildman–Crippen LogP) is 1.22. The van der Waals surface area contributed by atoms with Crippen LogP contribution in [0.5, 0.6) is 0 Å². The van der Waals surface area contributed by atoms with E-state index in [4.69, 9.17) is 0 Å². The maximum atomic E-state index is 4.32. The van der Waals surface area contributed by atoms with Gasteiger partial charge in [-0.1, -0.05) is 0 Å². The van der Waals surface area contributed by atoms with Crippen molar-refractivity contribution in [2.45, 2.75) is 13.1 Å². The summed E-state index contributed by atoms with van der Waals surface area (Å²) >= 11 is 1.70. The molecule has 5 nitrogen and oxygen atoms in total. The second-order valence-corrected chi connectivity index (χ2v) is 4.78. The van der Waals surface area contributed by atoms with Gasteiger partial charge >= 0.3 is 0 Å². The van der Waals surface area contributed by atoms with Gasteiger partial charge in [-0.05, 0) is 6.07 Å². The van der Waals surface area contributed by atoms with E-state index in [2.05, 4.69) is 20.5 Å². The van der Waals surface area contributed by atoms with E-state index < -0.39 is 0 Å². The lowest BCUT2D eigenvalue weighted by atomic mass is 10.4. The van der Waals surface area contributed by atoms with Crippen molar-refractivity contribution in [3.63, 3.8) is 0 Å². The van der Waals surface area contributed by atoms with Crippen LogP contribution in [0, 0.1) is 0 Å². The molecule has 0 saturated carbocycles. The number of aromatic amines is 1. The van der Waals surface area contributed by atoms with E-state index in [1.54, 1.807) is 17.5 Å². The van der Waals surface area contributed by atoms with Crippen molar-refractivity contribution < 1.29 is 0 Å². The Morgan fingerprint density at radius 1 is 1.44 bits per heavy atom. The Bertz CT molecular complexity index is 420. The van der Waals surface area contributed by atoms with Gasteiger partial charge in [-0.3, -0.25) is 5.10 Å². The third-order valence-corrected chi connectivity index (χ3v) is 3.26. The Hall–Kier alpha value is -1.40. The van der Waals surface area contributed by atoms with Crippen molar-refractivity contribution in [1.82, 2.24) is 20.5 Å². The van der Waals surface area contributed by atoms with Gasteiger partial charge in [0.1, 0.15) is 0 Å². The summed E-state index contributed by atoms with van der Waals surface area (Å²) in [5.41, 5.74) is 1.09. The first-order valence-corrected chi connectivity index (χ1v) is 5.88. The molecule has 0 unspecified atom stereocenters. The molecule has 0 amide bonds. The minimum atomic E-state index is 0.801. The molecule has 0 aliphatic rings. The van der Waals surface area contributed by atoms with Gasteiger partial charge in [0, 0.05) is 50.1 Å². The van der Waals surface area contributed by atoms with Crippen molar-refractivity contribution in [2.24, 2.45) is 0 Å². The highest BCUT2D eigenvalue weighted by molar-refractivity contribution is 7.15. The maximum absolute atomic E-state index is 4.32. The van der Waals surface area contributed by atoms with Gasteiger partial charge < -0.3 is 10.2 Å². The lowest BCUT2D eigenvalue weighted by Crippen LogP contribution is -2.12. The molecule has 16 heavy (non-hydrogen) atoms. The van der Waals surface area contributed by atoms with Crippen molar-refractivity contribution in [1.29, 1.82) is 0 Å². The zero-order valence-corrected chi connectivity index (χ0v) is 10.2. The van der Waals surface area contributed by atoms with Crippen LogP contribution in [-0.2, 0) is 13.1 Å². The minimum absolute atomic E-state index is 0.801. The van der Waals surface area contributed by atoms with Gasteiger partial charge in [-0.2, -0.15) is 5.10 Å². The number of hydrogen-bond donors (Lipinski definition) is 2. The molecular formula is C10H15N5S. The van der Waals surface area contributed by atoms with Crippen LogP contribution in [0.1, 0.15) is 10.6 Å². The quantitative estimate of drug-likeness (QED) is 0.821. The van der Waals surface area contributed by atoms with E-state index in [-0.39, 0.29) is 0 Å². The standard InChI is InChI=1S/C10H15N5S/c1-15(2)10-12-7-9(16-10)6-11-5-8-3-4-13-14-8/h3-4,7,11H,5-6H2,1-2H3,(H,13,14). The number of aromatic nitrogens is 3. The monoisotopic (exact) mass is 237 g/mol. The SMILES string of the molecule is CN(C)c1ncc(CNCc2ccn[nH]2)s1. The fourth-order valence-corrected chi connectivity index (χ4v) is 2.09. The van der Waals surface area contributed by atoms with Crippen molar-refractivity contribution in [3.8, 4) is 0 Å². The maximum Gasteiger partial charge on any atom is 0.185 e. The Morgan fingerprint density at radius 3 is 2.94 bits per heavy atom. The van der Waals surface area contributed by atoms with Crippen LogP contribution < -0.4 is 10.2 Å². The van der Waals surface area contributed by atoms with Crippen LogP contribution in [0.3, 0.4) is 0 Å².